The zero-order valence-corrected chi connectivity index (χ0v) is 17.9. The highest BCUT2D eigenvalue weighted by Crippen LogP contribution is 2.31. The monoisotopic (exact) mass is 440 g/mol. The van der Waals surface area contributed by atoms with Crippen LogP contribution in [-0.4, -0.2) is 30.6 Å². The van der Waals surface area contributed by atoms with Gasteiger partial charge in [0, 0.05) is 6.04 Å². The quantitative estimate of drug-likeness (QED) is 0.634. The number of likely N-dealkylation sites (tertiary alicyclic amines) is 1. The van der Waals surface area contributed by atoms with Gasteiger partial charge in [0.2, 0.25) is 0 Å². The molecule has 0 radical (unpaired) electrons. The average Bonchev–Trinajstić information content (AvgIpc) is 2.62. The maximum absolute atomic E-state index is 12.8. The van der Waals surface area contributed by atoms with Gasteiger partial charge >= 0.3 is 6.18 Å². The van der Waals surface area contributed by atoms with Crippen molar-refractivity contribution in [3.8, 4) is 0 Å². The Hall–Kier alpha value is -0.490. The van der Waals surface area contributed by atoms with Gasteiger partial charge in [0.25, 0.3) is 0 Å². The van der Waals surface area contributed by atoms with E-state index in [1.54, 1.807) is 0 Å². The lowest BCUT2D eigenvalue weighted by molar-refractivity contribution is -0.137. The third-order valence-corrected chi connectivity index (χ3v) is 6.23. The van der Waals surface area contributed by atoms with Crippen molar-refractivity contribution in [2.45, 2.75) is 63.6 Å². The van der Waals surface area contributed by atoms with E-state index >= 15 is 0 Å². The molecule has 0 amide bonds. The van der Waals surface area contributed by atoms with Crippen LogP contribution < -0.4 is 5.73 Å². The second-order valence-corrected chi connectivity index (χ2v) is 8.26. The molecule has 1 saturated heterocycles. The zero-order valence-electron chi connectivity index (χ0n) is 16.3. The van der Waals surface area contributed by atoms with E-state index in [0.717, 1.165) is 56.4 Å². The van der Waals surface area contributed by atoms with E-state index in [2.05, 4.69) is 4.90 Å². The number of hydrogen-bond acceptors (Lipinski definition) is 2. The smallest absolute Gasteiger partial charge is 0.328 e. The van der Waals surface area contributed by atoms with Gasteiger partial charge in [-0.15, -0.1) is 24.8 Å². The molecule has 1 aromatic rings. The molecule has 2 fully saturated rings. The van der Waals surface area contributed by atoms with Crippen LogP contribution in [0.2, 0.25) is 0 Å². The SMILES string of the molecule is Cl.Cl.N[C@H]1CC[C@H](CCN2CCC(Cc3cccc(C(F)(F)F)c3)CC2)CC1. The lowest BCUT2D eigenvalue weighted by Gasteiger charge is -2.34. The van der Waals surface area contributed by atoms with Crippen LogP contribution in [0.25, 0.3) is 0 Å². The number of nitrogens with two attached hydrogens (primary N) is 1. The van der Waals surface area contributed by atoms with Gasteiger partial charge in [-0.3, -0.25) is 0 Å². The first-order valence-electron chi connectivity index (χ1n) is 10.0. The van der Waals surface area contributed by atoms with Gasteiger partial charge in [-0.1, -0.05) is 18.2 Å². The molecule has 1 saturated carbocycles. The number of piperidine rings is 1. The molecule has 1 aliphatic carbocycles. The summed E-state index contributed by atoms with van der Waals surface area (Å²) in [6, 6.07) is 6.25. The fraction of sp³-hybridized carbons (Fsp3) is 0.714. The number of benzene rings is 1. The van der Waals surface area contributed by atoms with E-state index < -0.39 is 11.7 Å². The Kier molecular flexibility index (Phi) is 10.6. The van der Waals surface area contributed by atoms with Crippen molar-refractivity contribution in [3.63, 3.8) is 0 Å². The molecule has 1 heterocycles. The zero-order chi connectivity index (χ0) is 18.6. The number of nitrogens with zero attached hydrogens (tertiary/aromatic N) is 1. The normalized spacial score (nSPS) is 24.3. The van der Waals surface area contributed by atoms with E-state index in [-0.39, 0.29) is 24.8 Å². The molecule has 0 atom stereocenters. The van der Waals surface area contributed by atoms with Crippen molar-refractivity contribution in [2.75, 3.05) is 19.6 Å². The summed E-state index contributed by atoms with van der Waals surface area (Å²) < 4.78 is 38.5. The summed E-state index contributed by atoms with van der Waals surface area (Å²) in [6.07, 6.45) is 4.84. The predicted molar refractivity (Wildman–Crippen MR) is 113 cm³/mol. The second kappa shape index (κ2) is 11.6. The highest BCUT2D eigenvalue weighted by Gasteiger charge is 2.30. The molecular formula is C21H33Cl2F3N2. The van der Waals surface area contributed by atoms with Crippen LogP contribution in [0.15, 0.2) is 24.3 Å². The molecule has 1 aliphatic heterocycles. The molecule has 2 N–H and O–H groups in total. The lowest BCUT2D eigenvalue weighted by atomic mass is 9.84. The van der Waals surface area contributed by atoms with E-state index in [4.69, 9.17) is 5.73 Å². The second-order valence-electron chi connectivity index (χ2n) is 8.26. The maximum Gasteiger partial charge on any atom is 0.416 e. The van der Waals surface area contributed by atoms with E-state index in [1.807, 2.05) is 6.07 Å². The summed E-state index contributed by atoms with van der Waals surface area (Å²) in [6.45, 7) is 3.32. The van der Waals surface area contributed by atoms with Crippen LogP contribution in [0.3, 0.4) is 0 Å². The minimum Gasteiger partial charge on any atom is -0.328 e. The van der Waals surface area contributed by atoms with E-state index in [0.29, 0.717) is 12.0 Å². The predicted octanol–water partition coefficient (Wildman–Crippen LogP) is 5.71. The highest BCUT2D eigenvalue weighted by molar-refractivity contribution is 5.85. The fourth-order valence-electron chi connectivity index (χ4n) is 4.46. The molecule has 162 valence electrons. The first-order chi connectivity index (χ1) is 12.4. The van der Waals surface area contributed by atoms with Crippen molar-refractivity contribution in [2.24, 2.45) is 17.6 Å². The molecule has 2 nitrogen and oxygen atoms in total. The molecule has 0 bridgehead atoms. The number of alkyl halides is 3. The van der Waals surface area contributed by atoms with Gasteiger partial charge in [0.05, 0.1) is 5.56 Å². The molecule has 7 heteroatoms. The molecule has 0 aromatic heterocycles. The van der Waals surface area contributed by atoms with E-state index in [9.17, 15) is 13.2 Å². The van der Waals surface area contributed by atoms with Crippen molar-refractivity contribution >= 4 is 24.8 Å². The summed E-state index contributed by atoms with van der Waals surface area (Å²) in [5.41, 5.74) is 6.26. The van der Waals surface area contributed by atoms with Crippen LogP contribution >= 0.6 is 24.8 Å². The van der Waals surface area contributed by atoms with E-state index in [1.165, 1.54) is 44.2 Å². The Balaban J connectivity index is 0.00000196. The summed E-state index contributed by atoms with van der Waals surface area (Å²) in [5, 5.41) is 0. The lowest BCUT2D eigenvalue weighted by Crippen LogP contribution is -2.36. The van der Waals surface area contributed by atoms with Gasteiger partial charge in [-0.25, -0.2) is 0 Å². The van der Waals surface area contributed by atoms with Crippen molar-refractivity contribution in [1.82, 2.24) is 4.90 Å². The number of hydrogen-bond donors (Lipinski definition) is 1. The molecular weight excluding hydrogens is 408 g/mol. The summed E-state index contributed by atoms with van der Waals surface area (Å²) >= 11 is 0. The number of rotatable bonds is 5. The van der Waals surface area contributed by atoms with Crippen LogP contribution in [0.5, 0.6) is 0 Å². The van der Waals surface area contributed by atoms with Gasteiger partial charge in [0.15, 0.2) is 0 Å². The Labute approximate surface area is 179 Å². The Morgan fingerprint density at radius 1 is 0.929 bits per heavy atom. The molecule has 3 rings (SSSR count). The van der Waals surface area contributed by atoms with Crippen molar-refractivity contribution in [3.05, 3.63) is 35.4 Å². The standard InChI is InChI=1S/C21H31F3N2.2ClH/c22-21(23,24)19-3-1-2-18(15-19)14-17-9-12-26(13-10-17)11-8-16-4-6-20(25)7-5-16;;/h1-3,15-17,20H,4-14,25H2;2*1H/t16-,20-;;. The first kappa shape index (κ1) is 25.5. The largest absolute Gasteiger partial charge is 0.416 e. The topological polar surface area (TPSA) is 29.3 Å². The van der Waals surface area contributed by atoms with Gasteiger partial charge < -0.3 is 10.6 Å². The third-order valence-electron chi connectivity index (χ3n) is 6.23. The third kappa shape index (κ3) is 7.74. The average molecular weight is 441 g/mol. The minimum absolute atomic E-state index is 0. The summed E-state index contributed by atoms with van der Waals surface area (Å²) in [5.74, 6) is 1.33. The summed E-state index contributed by atoms with van der Waals surface area (Å²) in [7, 11) is 0. The van der Waals surface area contributed by atoms with Crippen molar-refractivity contribution in [1.29, 1.82) is 0 Å². The van der Waals surface area contributed by atoms with Crippen LogP contribution in [0.1, 0.15) is 56.1 Å². The van der Waals surface area contributed by atoms with Crippen molar-refractivity contribution < 1.29 is 13.2 Å². The van der Waals surface area contributed by atoms with Gasteiger partial charge in [-0.05, 0) is 94.5 Å². The molecule has 1 aromatic carbocycles. The maximum atomic E-state index is 12.8. The Bertz CT molecular complexity index is 567. The number of halogens is 5. The van der Waals surface area contributed by atoms with Crippen LogP contribution in [0, 0.1) is 11.8 Å². The Morgan fingerprint density at radius 2 is 1.57 bits per heavy atom. The van der Waals surface area contributed by atoms with Crippen LogP contribution in [0.4, 0.5) is 13.2 Å². The molecule has 0 unspecified atom stereocenters. The highest BCUT2D eigenvalue weighted by atomic mass is 35.5. The van der Waals surface area contributed by atoms with Crippen LogP contribution in [-0.2, 0) is 12.6 Å². The Morgan fingerprint density at radius 3 is 2.18 bits per heavy atom. The molecule has 28 heavy (non-hydrogen) atoms. The molecule has 0 spiro atoms. The van der Waals surface area contributed by atoms with Gasteiger partial charge in [-0.2, -0.15) is 13.2 Å². The van der Waals surface area contributed by atoms with Gasteiger partial charge in [0.1, 0.15) is 0 Å². The summed E-state index contributed by atoms with van der Waals surface area (Å²) in [4.78, 5) is 2.54. The molecule has 2 aliphatic rings. The fourth-order valence-corrected chi connectivity index (χ4v) is 4.46. The first-order valence-corrected chi connectivity index (χ1v) is 10.0. The minimum atomic E-state index is -4.25.